The van der Waals surface area contributed by atoms with E-state index >= 15 is 0 Å². The first kappa shape index (κ1) is 16.3. The number of carbonyl (C=O) groups is 1. The van der Waals surface area contributed by atoms with Gasteiger partial charge < -0.3 is 10.1 Å². The Labute approximate surface area is 133 Å². The number of ether oxygens (including phenoxy) is 1. The number of benzene rings is 1. The number of amides is 1. The Balaban J connectivity index is 2.14. The van der Waals surface area contributed by atoms with Gasteiger partial charge in [0.25, 0.3) is 5.91 Å². The van der Waals surface area contributed by atoms with E-state index in [0.29, 0.717) is 16.8 Å². The Morgan fingerprint density at radius 1 is 1.57 bits per heavy atom. The smallest absolute Gasteiger partial charge is 0.251 e. The number of carbonyl (C=O) groups excluding carboxylic acids is 1. The fraction of sp³-hybridized carbons (Fsp3) is 0.562. The van der Waals surface area contributed by atoms with Crippen LogP contribution in [0, 0.1) is 11.7 Å². The monoisotopic (exact) mass is 357 g/mol. The Bertz CT molecular complexity index is 523. The number of hydrogen-bond acceptors (Lipinski definition) is 2. The van der Waals surface area contributed by atoms with Crippen LogP contribution < -0.4 is 10.1 Å². The van der Waals surface area contributed by atoms with Gasteiger partial charge in [0, 0.05) is 10.9 Å². The number of alkyl halides is 1. The van der Waals surface area contributed by atoms with Gasteiger partial charge in [-0.25, -0.2) is 4.39 Å². The van der Waals surface area contributed by atoms with Gasteiger partial charge in [0.1, 0.15) is 0 Å². The van der Waals surface area contributed by atoms with Crippen molar-refractivity contribution in [1.82, 2.24) is 5.32 Å². The number of halogens is 2. The van der Waals surface area contributed by atoms with Crippen LogP contribution in [0.4, 0.5) is 4.39 Å². The first-order valence-corrected chi connectivity index (χ1v) is 8.34. The second kappa shape index (κ2) is 6.77. The third-order valence-electron chi connectivity index (χ3n) is 4.14. The summed E-state index contributed by atoms with van der Waals surface area (Å²) in [6.45, 7) is 2.20. The van der Waals surface area contributed by atoms with Crippen LogP contribution >= 0.6 is 15.9 Å². The summed E-state index contributed by atoms with van der Waals surface area (Å²) in [7, 11) is 1.40. The van der Waals surface area contributed by atoms with Gasteiger partial charge in [-0.1, -0.05) is 35.7 Å². The van der Waals surface area contributed by atoms with E-state index < -0.39 is 5.82 Å². The first-order chi connectivity index (χ1) is 9.99. The Kier molecular flexibility index (Phi) is 5.25. The Morgan fingerprint density at radius 2 is 2.33 bits per heavy atom. The summed E-state index contributed by atoms with van der Waals surface area (Å²) < 4.78 is 18.6. The minimum Gasteiger partial charge on any atom is -0.494 e. The fourth-order valence-electron chi connectivity index (χ4n) is 3.05. The van der Waals surface area contributed by atoms with Crippen LogP contribution in [0.15, 0.2) is 18.2 Å². The molecular weight excluding hydrogens is 337 g/mol. The summed E-state index contributed by atoms with van der Waals surface area (Å²) in [4.78, 5) is 12.4. The van der Waals surface area contributed by atoms with Gasteiger partial charge in [-0.15, -0.1) is 0 Å². The highest BCUT2D eigenvalue weighted by molar-refractivity contribution is 9.09. The number of rotatable bonds is 4. The summed E-state index contributed by atoms with van der Waals surface area (Å²) in [6, 6.07) is 4.29. The minimum absolute atomic E-state index is 0.146. The molecule has 116 valence electrons. The fourth-order valence-corrected chi connectivity index (χ4v) is 3.70. The molecule has 1 N–H and O–H groups in total. The van der Waals surface area contributed by atoms with Gasteiger partial charge >= 0.3 is 0 Å². The number of nitrogens with one attached hydrogen (secondary N) is 1. The van der Waals surface area contributed by atoms with E-state index in [1.807, 2.05) is 0 Å². The van der Waals surface area contributed by atoms with E-state index in [2.05, 4.69) is 28.2 Å². The largest absolute Gasteiger partial charge is 0.494 e. The molecule has 1 saturated carbocycles. The number of methoxy groups -OCH3 is 1. The zero-order chi connectivity index (χ0) is 15.5. The second-order valence-corrected chi connectivity index (χ2v) is 6.48. The molecule has 1 aromatic rings. The molecular formula is C16H21BrFNO2. The van der Waals surface area contributed by atoms with Crippen molar-refractivity contribution in [3.63, 3.8) is 0 Å². The zero-order valence-corrected chi connectivity index (χ0v) is 14.0. The molecule has 1 amide bonds. The molecule has 0 aromatic heterocycles. The quantitative estimate of drug-likeness (QED) is 0.829. The molecule has 0 bridgehead atoms. The van der Waals surface area contributed by atoms with E-state index in [1.165, 1.54) is 25.7 Å². The van der Waals surface area contributed by atoms with Crippen molar-refractivity contribution < 1.29 is 13.9 Å². The molecule has 0 radical (unpaired) electrons. The summed E-state index contributed by atoms with van der Waals surface area (Å²) in [5.74, 6) is -0.0163. The topological polar surface area (TPSA) is 38.3 Å². The Morgan fingerprint density at radius 3 is 2.90 bits per heavy atom. The highest BCUT2D eigenvalue weighted by Gasteiger charge is 2.35. The van der Waals surface area contributed by atoms with Gasteiger partial charge in [0.05, 0.1) is 12.6 Å². The lowest BCUT2D eigenvalue weighted by atomic mass is 9.77. The van der Waals surface area contributed by atoms with Gasteiger partial charge in [-0.05, 0) is 37.0 Å². The van der Waals surface area contributed by atoms with Crippen molar-refractivity contribution >= 4 is 21.8 Å². The molecule has 1 aliphatic carbocycles. The Hall–Kier alpha value is -1.10. The van der Waals surface area contributed by atoms with E-state index in [1.54, 1.807) is 6.07 Å². The highest BCUT2D eigenvalue weighted by atomic mass is 79.9. The lowest BCUT2D eigenvalue weighted by Gasteiger charge is -2.39. The van der Waals surface area contributed by atoms with Crippen molar-refractivity contribution in [2.24, 2.45) is 5.92 Å². The van der Waals surface area contributed by atoms with Crippen LogP contribution in [-0.4, -0.2) is 23.9 Å². The second-order valence-electron chi connectivity index (χ2n) is 5.92. The van der Waals surface area contributed by atoms with Crippen molar-refractivity contribution in [3.05, 3.63) is 29.6 Å². The molecule has 2 atom stereocenters. The molecule has 0 heterocycles. The normalized spacial score (nSPS) is 25.4. The average Bonchev–Trinajstić information content (AvgIpc) is 2.47. The minimum atomic E-state index is -0.518. The predicted molar refractivity (Wildman–Crippen MR) is 84.6 cm³/mol. The molecule has 21 heavy (non-hydrogen) atoms. The van der Waals surface area contributed by atoms with Crippen LogP contribution in [0.3, 0.4) is 0 Å². The van der Waals surface area contributed by atoms with E-state index in [4.69, 9.17) is 4.74 Å². The maximum atomic E-state index is 13.7. The molecule has 1 aromatic carbocycles. The first-order valence-electron chi connectivity index (χ1n) is 7.22. The summed E-state index contributed by atoms with van der Waals surface area (Å²) in [5, 5.41) is 3.82. The van der Waals surface area contributed by atoms with Crippen LogP contribution in [0.2, 0.25) is 0 Å². The molecule has 1 aliphatic rings. The number of hydrogen-bond donors (Lipinski definition) is 1. The molecule has 3 nitrogen and oxygen atoms in total. The lowest BCUT2D eigenvalue weighted by Crippen LogP contribution is -2.52. The third-order valence-corrected chi connectivity index (χ3v) is 5.21. The van der Waals surface area contributed by atoms with E-state index in [0.717, 1.165) is 19.3 Å². The molecule has 0 saturated heterocycles. The van der Waals surface area contributed by atoms with Crippen LogP contribution in [0.1, 0.15) is 43.0 Å². The van der Waals surface area contributed by atoms with Gasteiger partial charge in [-0.2, -0.15) is 0 Å². The third kappa shape index (κ3) is 3.76. The van der Waals surface area contributed by atoms with Crippen molar-refractivity contribution in [2.45, 2.75) is 38.1 Å². The van der Waals surface area contributed by atoms with Gasteiger partial charge in [0.2, 0.25) is 0 Å². The average molecular weight is 358 g/mol. The lowest BCUT2D eigenvalue weighted by molar-refractivity contribution is 0.0869. The SMILES string of the molecule is COc1ccc(C(=O)NC2(CBr)CCCC(C)C2)cc1F. The zero-order valence-electron chi connectivity index (χ0n) is 12.4. The van der Waals surface area contributed by atoms with Crippen molar-refractivity contribution in [3.8, 4) is 5.75 Å². The van der Waals surface area contributed by atoms with E-state index in [9.17, 15) is 9.18 Å². The highest BCUT2D eigenvalue weighted by Crippen LogP contribution is 2.34. The van der Waals surface area contributed by atoms with E-state index in [-0.39, 0.29) is 17.2 Å². The van der Waals surface area contributed by atoms with Crippen molar-refractivity contribution in [1.29, 1.82) is 0 Å². The maximum absolute atomic E-state index is 13.7. The predicted octanol–water partition coefficient (Wildman–Crippen LogP) is 3.91. The molecule has 0 aliphatic heterocycles. The summed E-state index contributed by atoms with van der Waals surface area (Å²) >= 11 is 3.53. The summed E-state index contributed by atoms with van der Waals surface area (Å²) in [6.07, 6.45) is 4.20. The molecule has 5 heteroatoms. The molecule has 2 rings (SSSR count). The molecule has 2 unspecified atom stereocenters. The van der Waals surface area contributed by atoms with Gasteiger partial charge in [-0.3, -0.25) is 4.79 Å². The maximum Gasteiger partial charge on any atom is 0.251 e. The molecule has 0 spiro atoms. The molecule has 1 fully saturated rings. The van der Waals surface area contributed by atoms with Crippen LogP contribution in [0.25, 0.3) is 0 Å². The summed E-state index contributed by atoms with van der Waals surface area (Å²) in [5.41, 5.74) is 0.0948. The van der Waals surface area contributed by atoms with Crippen LogP contribution in [0.5, 0.6) is 5.75 Å². The standard InChI is InChI=1S/C16H21BrFNO2/c1-11-4-3-7-16(9-11,10-17)19-15(20)12-5-6-14(21-2)13(18)8-12/h5-6,8,11H,3-4,7,9-10H2,1-2H3,(H,19,20). The van der Waals surface area contributed by atoms with Crippen LogP contribution in [-0.2, 0) is 0 Å². The van der Waals surface area contributed by atoms with Gasteiger partial charge in [0.15, 0.2) is 11.6 Å². The van der Waals surface area contributed by atoms with Crippen molar-refractivity contribution in [2.75, 3.05) is 12.4 Å².